The van der Waals surface area contributed by atoms with Crippen LogP contribution in [0.15, 0.2) is 29.6 Å². The van der Waals surface area contributed by atoms with Gasteiger partial charge in [-0.05, 0) is 17.7 Å². The third kappa shape index (κ3) is 6.22. The maximum atomic E-state index is 12.1. The number of aromatic nitrogens is 1. The standard InChI is InChI=1S/C16H20N4O2S.2ClH/c17-9-15-19-14(11-23-15)16(21)18-13-3-1-12(2-4-13)10-20-5-7-22-8-6-20;;/h1-4,11H,5-10,17H2,(H,18,21);2*1H. The molecule has 25 heavy (non-hydrogen) atoms. The van der Waals surface area contributed by atoms with Crippen LogP contribution in [0.25, 0.3) is 0 Å². The quantitative estimate of drug-likeness (QED) is 0.799. The van der Waals surface area contributed by atoms with Gasteiger partial charge in [0.15, 0.2) is 0 Å². The average Bonchev–Trinajstić information content (AvgIpc) is 3.07. The minimum absolute atomic E-state index is 0. The molecule has 138 valence electrons. The number of morpholine rings is 1. The molecule has 0 radical (unpaired) electrons. The second-order valence-electron chi connectivity index (χ2n) is 5.37. The molecule has 0 spiro atoms. The van der Waals surface area contributed by atoms with E-state index >= 15 is 0 Å². The van der Waals surface area contributed by atoms with Crippen molar-refractivity contribution in [3.63, 3.8) is 0 Å². The Morgan fingerprint density at radius 1 is 1.24 bits per heavy atom. The Morgan fingerprint density at radius 3 is 2.52 bits per heavy atom. The Morgan fingerprint density at radius 2 is 1.92 bits per heavy atom. The van der Waals surface area contributed by atoms with Gasteiger partial charge in [0.2, 0.25) is 0 Å². The molecule has 0 unspecified atom stereocenters. The van der Waals surface area contributed by atoms with Crippen LogP contribution in [-0.4, -0.2) is 42.1 Å². The number of anilines is 1. The van der Waals surface area contributed by atoms with E-state index in [1.54, 1.807) is 5.38 Å². The van der Waals surface area contributed by atoms with Crippen LogP contribution in [0.5, 0.6) is 0 Å². The van der Waals surface area contributed by atoms with E-state index < -0.39 is 0 Å². The SMILES string of the molecule is Cl.Cl.NCc1nc(C(=O)Nc2ccc(CN3CCOCC3)cc2)cs1. The number of nitrogens with zero attached hydrogens (tertiary/aromatic N) is 2. The molecule has 1 aromatic heterocycles. The zero-order valence-electron chi connectivity index (χ0n) is 13.6. The number of rotatable bonds is 5. The van der Waals surface area contributed by atoms with Gasteiger partial charge in [0.05, 0.1) is 13.2 Å². The Labute approximate surface area is 163 Å². The Hall–Kier alpha value is -1.22. The first-order valence-electron chi connectivity index (χ1n) is 7.59. The summed E-state index contributed by atoms with van der Waals surface area (Å²) in [7, 11) is 0. The second-order valence-corrected chi connectivity index (χ2v) is 6.31. The number of ether oxygens (including phenoxy) is 1. The lowest BCUT2D eigenvalue weighted by molar-refractivity contribution is 0.0342. The van der Waals surface area contributed by atoms with Crippen molar-refractivity contribution in [2.24, 2.45) is 5.73 Å². The fourth-order valence-electron chi connectivity index (χ4n) is 2.42. The summed E-state index contributed by atoms with van der Waals surface area (Å²) < 4.78 is 5.35. The lowest BCUT2D eigenvalue weighted by Crippen LogP contribution is -2.35. The van der Waals surface area contributed by atoms with Crippen molar-refractivity contribution in [2.75, 3.05) is 31.6 Å². The van der Waals surface area contributed by atoms with E-state index in [4.69, 9.17) is 10.5 Å². The summed E-state index contributed by atoms with van der Waals surface area (Å²) in [5.74, 6) is -0.207. The molecule has 1 aromatic carbocycles. The van der Waals surface area contributed by atoms with Gasteiger partial charge in [0.1, 0.15) is 10.7 Å². The summed E-state index contributed by atoms with van der Waals surface area (Å²) in [6.45, 7) is 4.79. The van der Waals surface area contributed by atoms with Gasteiger partial charge < -0.3 is 15.8 Å². The Kier molecular flexibility index (Phi) is 9.34. The van der Waals surface area contributed by atoms with Crippen LogP contribution in [-0.2, 0) is 17.8 Å². The van der Waals surface area contributed by atoms with E-state index in [9.17, 15) is 4.79 Å². The van der Waals surface area contributed by atoms with Crippen molar-refractivity contribution in [3.05, 3.63) is 45.9 Å². The van der Waals surface area contributed by atoms with Gasteiger partial charge in [0, 0.05) is 37.2 Å². The normalized spacial score (nSPS) is 14.3. The molecule has 0 aliphatic carbocycles. The molecule has 9 heteroatoms. The number of amides is 1. The summed E-state index contributed by atoms with van der Waals surface area (Å²) in [6, 6.07) is 7.92. The number of carbonyl (C=O) groups excluding carboxylic acids is 1. The average molecular weight is 405 g/mol. The molecular formula is C16H22Cl2N4O2S. The monoisotopic (exact) mass is 404 g/mol. The molecule has 2 aromatic rings. The third-order valence-electron chi connectivity index (χ3n) is 3.68. The summed E-state index contributed by atoms with van der Waals surface area (Å²) in [5, 5.41) is 5.34. The van der Waals surface area contributed by atoms with Crippen LogP contribution < -0.4 is 11.1 Å². The van der Waals surface area contributed by atoms with Crippen molar-refractivity contribution in [1.29, 1.82) is 0 Å². The maximum Gasteiger partial charge on any atom is 0.275 e. The minimum atomic E-state index is -0.207. The smallest absolute Gasteiger partial charge is 0.275 e. The highest BCUT2D eigenvalue weighted by Gasteiger charge is 2.12. The largest absolute Gasteiger partial charge is 0.379 e. The Bertz CT molecular complexity index is 660. The van der Waals surface area contributed by atoms with Crippen LogP contribution >= 0.6 is 36.2 Å². The number of thiazole rings is 1. The Balaban J connectivity index is 0.00000156. The molecule has 6 nitrogen and oxygen atoms in total. The number of benzene rings is 1. The first-order valence-corrected chi connectivity index (χ1v) is 8.47. The van der Waals surface area contributed by atoms with Gasteiger partial charge in [0.25, 0.3) is 5.91 Å². The highest BCUT2D eigenvalue weighted by atomic mass is 35.5. The number of hydrogen-bond donors (Lipinski definition) is 2. The first-order chi connectivity index (χ1) is 11.2. The van der Waals surface area contributed by atoms with Gasteiger partial charge >= 0.3 is 0 Å². The fourth-order valence-corrected chi connectivity index (χ4v) is 3.07. The van der Waals surface area contributed by atoms with E-state index in [1.165, 1.54) is 16.9 Å². The van der Waals surface area contributed by atoms with Crippen molar-refractivity contribution < 1.29 is 9.53 Å². The second kappa shape index (κ2) is 10.7. The van der Waals surface area contributed by atoms with Gasteiger partial charge in [-0.1, -0.05) is 12.1 Å². The molecule has 3 N–H and O–H groups in total. The third-order valence-corrected chi connectivity index (χ3v) is 4.55. The van der Waals surface area contributed by atoms with Crippen LogP contribution in [0.1, 0.15) is 21.1 Å². The van der Waals surface area contributed by atoms with E-state index in [0.29, 0.717) is 12.2 Å². The number of halogens is 2. The van der Waals surface area contributed by atoms with E-state index in [1.807, 2.05) is 24.3 Å². The van der Waals surface area contributed by atoms with Crippen molar-refractivity contribution in [2.45, 2.75) is 13.1 Å². The summed E-state index contributed by atoms with van der Waals surface area (Å²) >= 11 is 1.40. The van der Waals surface area contributed by atoms with Crippen LogP contribution in [0.4, 0.5) is 5.69 Å². The van der Waals surface area contributed by atoms with Crippen LogP contribution in [0.2, 0.25) is 0 Å². The lowest BCUT2D eigenvalue weighted by atomic mass is 10.2. The zero-order valence-corrected chi connectivity index (χ0v) is 16.1. The van der Waals surface area contributed by atoms with Gasteiger partial charge in [-0.3, -0.25) is 9.69 Å². The van der Waals surface area contributed by atoms with Crippen LogP contribution in [0, 0.1) is 0 Å². The summed E-state index contributed by atoms with van der Waals surface area (Å²) in [4.78, 5) is 18.7. The number of carbonyl (C=O) groups is 1. The molecule has 0 atom stereocenters. The minimum Gasteiger partial charge on any atom is -0.379 e. The van der Waals surface area contributed by atoms with Crippen molar-refractivity contribution >= 4 is 47.7 Å². The molecule has 2 heterocycles. The van der Waals surface area contributed by atoms with E-state index in [2.05, 4.69) is 15.2 Å². The van der Waals surface area contributed by atoms with E-state index in [-0.39, 0.29) is 30.7 Å². The molecule has 0 saturated carbocycles. The molecule has 1 saturated heterocycles. The molecular weight excluding hydrogens is 383 g/mol. The fraction of sp³-hybridized carbons (Fsp3) is 0.375. The summed E-state index contributed by atoms with van der Waals surface area (Å²) in [5.41, 5.74) is 7.92. The van der Waals surface area contributed by atoms with Crippen molar-refractivity contribution in [3.8, 4) is 0 Å². The highest BCUT2D eigenvalue weighted by Crippen LogP contribution is 2.15. The molecule has 1 fully saturated rings. The first kappa shape index (κ1) is 21.8. The van der Waals surface area contributed by atoms with E-state index in [0.717, 1.165) is 43.5 Å². The number of nitrogens with two attached hydrogens (primary N) is 1. The highest BCUT2D eigenvalue weighted by molar-refractivity contribution is 7.09. The maximum absolute atomic E-state index is 12.1. The molecule has 1 aliphatic heterocycles. The topological polar surface area (TPSA) is 80.5 Å². The predicted molar refractivity (Wildman–Crippen MR) is 105 cm³/mol. The zero-order chi connectivity index (χ0) is 16.1. The number of nitrogens with one attached hydrogen (secondary N) is 1. The molecule has 1 amide bonds. The molecule has 1 aliphatic rings. The van der Waals surface area contributed by atoms with Crippen LogP contribution in [0.3, 0.4) is 0 Å². The van der Waals surface area contributed by atoms with Gasteiger partial charge in [-0.25, -0.2) is 4.98 Å². The summed E-state index contributed by atoms with van der Waals surface area (Å²) in [6.07, 6.45) is 0. The van der Waals surface area contributed by atoms with Gasteiger partial charge in [-0.2, -0.15) is 0 Å². The molecule has 3 rings (SSSR count). The predicted octanol–water partition coefficient (Wildman–Crippen LogP) is 2.53. The van der Waals surface area contributed by atoms with Crippen molar-refractivity contribution in [1.82, 2.24) is 9.88 Å². The van der Waals surface area contributed by atoms with Gasteiger partial charge in [-0.15, -0.1) is 36.2 Å². The molecule has 0 bridgehead atoms. The number of hydrogen-bond acceptors (Lipinski definition) is 6. The lowest BCUT2D eigenvalue weighted by Gasteiger charge is -2.26.